The second kappa shape index (κ2) is 4.75. The molecule has 1 unspecified atom stereocenters. The van der Waals surface area contributed by atoms with E-state index in [1.54, 1.807) is 17.4 Å². The van der Waals surface area contributed by atoms with Gasteiger partial charge in [-0.05, 0) is 44.5 Å². The summed E-state index contributed by atoms with van der Waals surface area (Å²) in [6, 6.07) is 5.68. The summed E-state index contributed by atoms with van der Waals surface area (Å²) < 4.78 is 0. The van der Waals surface area contributed by atoms with E-state index < -0.39 is 0 Å². The van der Waals surface area contributed by atoms with Crippen LogP contribution in [-0.4, -0.2) is 10.1 Å². The maximum atomic E-state index is 9.46. The van der Waals surface area contributed by atoms with Gasteiger partial charge in [-0.3, -0.25) is 0 Å². The summed E-state index contributed by atoms with van der Waals surface area (Å²) in [5.74, 6) is 0.327. The van der Waals surface area contributed by atoms with Crippen LogP contribution in [0.3, 0.4) is 0 Å². The van der Waals surface area contributed by atoms with Crippen molar-refractivity contribution < 1.29 is 5.11 Å². The molecule has 90 valence electrons. The minimum Gasteiger partial charge on any atom is -0.508 e. The summed E-state index contributed by atoms with van der Waals surface area (Å²) in [6.45, 7) is 5.97. The lowest BCUT2D eigenvalue weighted by molar-refractivity contribution is 0.471. The highest BCUT2D eigenvalue weighted by Crippen LogP contribution is 2.24. The number of anilines is 1. The molecule has 2 rings (SSSR count). The molecule has 0 aliphatic heterocycles. The van der Waals surface area contributed by atoms with Crippen molar-refractivity contribution in [2.75, 3.05) is 5.32 Å². The molecule has 0 saturated carbocycles. The van der Waals surface area contributed by atoms with E-state index in [0.717, 1.165) is 22.0 Å². The summed E-state index contributed by atoms with van der Waals surface area (Å²) >= 11 is 1.66. The van der Waals surface area contributed by atoms with Gasteiger partial charge in [0.1, 0.15) is 5.75 Å². The maximum Gasteiger partial charge on any atom is 0.118 e. The molecule has 0 radical (unpaired) electrons. The first-order chi connectivity index (χ1) is 8.06. The zero-order valence-corrected chi connectivity index (χ0v) is 11.0. The minimum absolute atomic E-state index is 0.170. The van der Waals surface area contributed by atoms with Gasteiger partial charge in [0.15, 0.2) is 0 Å². The third kappa shape index (κ3) is 2.77. The molecule has 1 aromatic carbocycles. The molecule has 0 amide bonds. The number of phenols is 1. The number of aromatic nitrogens is 1. The van der Waals surface area contributed by atoms with E-state index in [-0.39, 0.29) is 6.04 Å². The van der Waals surface area contributed by atoms with Crippen LogP contribution in [0.1, 0.15) is 29.2 Å². The van der Waals surface area contributed by atoms with Crippen LogP contribution in [-0.2, 0) is 0 Å². The lowest BCUT2D eigenvalue weighted by Gasteiger charge is -2.14. The van der Waals surface area contributed by atoms with Gasteiger partial charge < -0.3 is 10.4 Å². The van der Waals surface area contributed by atoms with Crippen molar-refractivity contribution in [3.8, 4) is 5.75 Å². The van der Waals surface area contributed by atoms with Crippen LogP contribution in [0, 0.1) is 13.8 Å². The second-order valence-electron chi connectivity index (χ2n) is 4.16. The van der Waals surface area contributed by atoms with Gasteiger partial charge in [-0.1, -0.05) is 0 Å². The number of rotatable bonds is 3. The molecule has 2 aromatic rings. The van der Waals surface area contributed by atoms with Crippen LogP contribution in [0.25, 0.3) is 0 Å². The van der Waals surface area contributed by atoms with Gasteiger partial charge in [-0.15, -0.1) is 11.3 Å². The van der Waals surface area contributed by atoms with Crippen molar-refractivity contribution >= 4 is 17.0 Å². The molecule has 3 nitrogen and oxygen atoms in total. The number of thiazole rings is 1. The normalized spacial score (nSPS) is 12.4. The molecular weight excluding hydrogens is 232 g/mol. The molecule has 0 aliphatic carbocycles. The van der Waals surface area contributed by atoms with E-state index in [4.69, 9.17) is 0 Å². The van der Waals surface area contributed by atoms with Gasteiger partial charge in [0.2, 0.25) is 0 Å². The van der Waals surface area contributed by atoms with Crippen LogP contribution in [0.5, 0.6) is 5.75 Å². The van der Waals surface area contributed by atoms with Crippen LogP contribution < -0.4 is 5.32 Å². The van der Waals surface area contributed by atoms with Crippen LogP contribution in [0.4, 0.5) is 5.69 Å². The number of nitrogens with one attached hydrogen (secondary N) is 1. The van der Waals surface area contributed by atoms with Crippen molar-refractivity contribution in [2.24, 2.45) is 0 Å². The lowest BCUT2D eigenvalue weighted by Crippen LogP contribution is -2.07. The zero-order valence-electron chi connectivity index (χ0n) is 10.2. The predicted molar refractivity (Wildman–Crippen MR) is 71.7 cm³/mol. The fraction of sp³-hybridized carbons (Fsp3) is 0.308. The van der Waals surface area contributed by atoms with Crippen molar-refractivity contribution in [1.82, 2.24) is 4.98 Å². The number of phenolic OH excluding ortho intramolecular Hbond substituents is 1. The summed E-state index contributed by atoms with van der Waals surface area (Å²) in [5, 5.41) is 16.0. The molecule has 1 atom stereocenters. The fourth-order valence-corrected chi connectivity index (χ4v) is 2.35. The number of nitrogens with zero attached hydrogens (tertiary/aromatic N) is 1. The Labute approximate surface area is 105 Å². The van der Waals surface area contributed by atoms with Crippen LogP contribution in [0.2, 0.25) is 0 Å². The van der Waals surface area contributed by atoms with E-state index >= 15 is 0 Å². The van der Waals surface area contributed by atoms with E-state index in [1.807, 2.05) is 26.0 Å². The number of hydrogen-bond donors (Lipinski definition) is 2. The number of hydrogen-bond acceptors (Lipinski definition) is 4. The fourth-order valence-electron chi connectivity index (χ4n) is 1.65. The highest BCUT2D eigenvalue weighted by atomic mass is 32.1. The average molecular weight is 248 g/mol. The molecule has 0 spiro atoms. The first kappa shape index (κ1) is 11.9. The van der Waals surface area contributed by atoms with E-state index in [0.29, 0.717) is 5.75 Å². The van der Waals surface area contributed by atoms with Crippen LogP contribution >= 0.6 is 11.3 Å². The first-order valence-electron chi connectivity index (χ1n) is 5.54. The van der Waals surface area contributed by atoms with Crippen molar-refractivity contribution in [3.05, 3.63) is 39.8 Å². The van der Waals surface area contributed by atoms with Crippen molar-refractivity contribution in [1.29, 1.82) is 0 Å². The summed E-state index contributed by atoms with van der Waals surface area (Å²) in [6.07, 6.45) is 0. The highest BCUT2D eigenvalue weighted by molar-refractivity contribution is 7.09. The Morgan fingerprint density at radius 1 is 1.35 bits per heavy atom. The Kier molecular flexibility index (Phi) is 3.33. The monoisotopic (exact) mass is 248 g/mol. The van der Waals surface area contributed by atoms with Gasteiger partial charge in [0.25, 0.3) is 0 Å². The minimum atomic E-state index is 0.170. The Balaban J connectivity index is 2.12. The summed E-state index contributed by atoms with van der Waals surface area (Å²) in [5.41, 5.74) is 2.92. The molecule has 17 heavy (non-hydrogen) atoms. The van der Waals surface area contributed by atoms with Crippen molar-refractivity contribution in [3.63, 3.8) is 0 Å². The molecule has 1 heterocycles. The number of aryl methyl sites for hydroxylation is 2. The number of aromatic hydroxyl groups is 1. The third-order valence-electron chi connectivity index (χ3n) is 2.66. The zero-order chi connectivity index (χ0) is 12.4. The molecule has 4 heteroatoms. The van der Waals surface area contributed by atoms with Crippen molar-refractivity contribution in [2.45, 2.75) is 26.8 Å². The maximum absolute atomic E-state index is 9.46. The topological polar surface area (TPSA) is 45.2 Å². The molecule has 0 bridgehead atoms. The largest absolute Gasteiger partial charge is 0.508 e. The van der Waals surface area contributed by atoms with Gasteiger partial charge in [0, 0.05) is 11.1 Å². The van der Waals surface area contributed by atoms with Gasteiger partial charge in [0.05, 0.1) is 16.7 Å². The Morgan fingerprint density at radius 3 is 2.71 bits per heavy atom. The van der Waals surface area contributed by atoms with Gasteiger partial charge in [-0.2, -0.15) is 0 Å². The molecule has 0 fully saturated rings. The standard InChI is InChI=1S/C13H16N2OS/c1-8-6-11(4-5-13(8)16)14-9(2)12-7-17-10(3)15-12/h4-7,9,14,16H,1-3H3. The molecule has 0 saturated heterocycles. The summed E-state index contributed by atoms with van der Waals surface area (Å²) in [4.78, 5) is 4.45. The smallest absolute Gasteiger partial charge is 0.118 e. The SMILES string of the molecule is Cc1nc(C(C)Nc2ccc(O)c(C)c2)cs1. The average Bonchev–Trinajstić information content (AvgIpc) is 2.70. The van der Waals surface area contributed by atoms with E-state index in [9.17, 15) is 5.11 Å². The number of benzene rings is 1. The molecule has 1 aromatic heterocycles. The Morgan fingerprint density at radius 2 is 2.12 bits per heavy atom. The molecular formula is C13H16N2OS. The summed E-state index contributed by atoms with van der Waals surface area (Å²) in [7, 11) is 0. The third-order valence-corrected chi connectivity index (χ3v) is 3.45. The van der Waals surface area contributed by atoms with Gasteiger partial charge >= 0.3 is 0 Å². The van der Waals surface area contributed by atoms with Crippen LogP contribution in [0.15, 0.2) is 23.6 Å². The van der Waals surface area contributed by atoms with E-state index in [1.165, 1.54) is 0 Å². The lowest BCUT2D eigenvalue weighted by atomic mass is 10.2. The van der Waals surface area contributed by atoms with Gasteiger partial charge in [-0.25, -0.2) is 4.98 Å². The van der Waals surface area contributed by atoms with E-state index in [2.05, 4.69) is 22.6 Å². The Bertz CT molecular complexity index is 522. The quantitative estimate of drug-likeness (QED) is 0.815. The Hall–Kier alpha value is -1.55. The molecule has 0 aliphatic rings. The molecule has 2 N–H and O–H groups in total. The first-order valence-corrected chi connectivity index (χ1v) is 6.42. The highest BCUT2D eigenvalue weighted by Gasteiger charge is 2.09. The predicted octanol–water partition coefficient (Wildman–Crippen LogP) is 3.64. The second-order valence-corrected chi connectivity index (χ2v) is 5.22.